The first-order valence-electron chi connectivity index (χ1n) is 4.50. The van der Waals surface area contributed by atoms with Crippen molar-refractivity contribution in [1.82, 2.24) is 5.32 Å². The van der Waals surface area contributed by atoms with Crippen molar-refractivity contribution in [3.05, 3.63) is 29.3 Å². The highest BCUT2D eigenvalue weighted by Crippen LogP contribution is 2.19. The SMILES string of the molecule is Clc1cccc(OC2CCCN2)c1. The molecule has 1 saturated heterocycles. The lowest BCUT2D eigenvalue weighted by molar-refractivity contribution is 0.187. The Kier molecular flexibility index (Phi) is 2.71. The minimum Gasteiger partial charge on any atom is -0.475 e. The molecule has 1 aliphatic heterocycles. The standard InChI is InChI=1S/C10H12ClNO/c11-8-3-1-4-9(7-8)13-10-5-2-6-12-10/h1,3-4,7,10,12H,2,5-6H2. The van der Waals surface area contributed by atoms with E-state index in [0.29, 0.717) is 0 Å². The van der Waals surface area contributed by atoms with Crippen LogP contribution in [0.25, 0.3) is 0 Å². The Balaban J connectivity index is 2.00. The van der Waals surface area contributed by atoms with Crippen molar-refractivity contribution in [2.24, 2.45) is 0 Å². The molecule has 1 aliphatic rings. The zero-order valence-corrected chi connectivity index (χ0v) is 8.05. The van der Waals surface area contributed by atoms with Crippen molar-refractivity contribution in [1.29, 1.82) is 0 Å². The topological polar surface area (TPSA) is 21.3 Å². The van der Waals surface area contributed by atoms with Gasteiger partial charge in [-0.3, -0.25) is 5.32 Å². The minimum atomic E-state index is 0.165. The molecule has 2 rings (SSSR count). The number of benzene rings is 1. The molecule has 0 bridgehead atoms. The molecule has 0 saturated carbocycles. The molecule has 2 nitrogen and oxygen atoms in total. The van der Waals surface area contributed by atoms with Crippen molar-refractivity contribution in [3.8, 4) is 5.75 Å². The van der Waals surface area contributed by atoms with Crippen molar-refractivity contribution < 1.29 is 4.74 Å². The summed E-state index contributed by atoms with van der Waals surface area (Å²) in [6, 6.07) is 7.50. The summed E-state index contributed by atoms with van der Waals surface area (Å²) in [4.78, 5) is 0. The van der Waals surface area contributed by atoms with Crippen LogP contribution in [0.15, 0.2) is 24.3 Å². The number of hydrogen-bond donors (Lipinski definition) is 1. The predicted octanol–water partition coefficient (Wildman–Crippen LogP) is 2.43. The van der Waals surface area contributed by atoms with Crippen LogP contribution in [-0.4, -0.2) is 12.8 Å². The predicted molar refractivity (Wildman–Crippen MR) is 53.1 cm³/mol. The van der Waals surface area contributed by atoms with Gasteiger partial charge in [0.2, 0.25) is 0 Å². The van der Waals surface area contributed by atoms with Crippen LogP contribution in [0.3, 0.4) is 0 Å². The summed E-state index contributed by atoms with van der Waals surface area (Å²) < 4.78 is 5.66. The van der Waals surface area contributed by atoms with E-state index in [1.807, 2.05) is 24.3 Å². The Bertz CT molecular complexity index is 284. The van der Waals surface area contributed by atoms with Gasteiger partial charge in [-0.15, -0.1) is 0 Å². The second-order valence-corrected chi connectivity index (χ2v) is 3.60. The zero-order chi connectivity index (χ0) is 9.10. The van der Waals surface area contributed by atoms with E-state index in [-0.39, 0.29) is 6.23 Å². The van der Waals surface area contributed by atoms with Gasteiger partial charge in [0.05, 0.1) is 0 Å². The molecule has 1 aromatic rings. The van der Waals surface area contributed by atoms with E-state index in [1.165, 1.54) is 6.42 Å². The minimum absolute atomic E-state index is 0.165. The van der Waals surface area contributed by atoms with E-state index >= 15 is 0 Å². The van der Waals surface area contributed by atoms with Crippen molar-refractivity contribution in [3.63, 3.8) is 0 Å². The average Bonchev–Trinajstić information content (AvgIpc) is 2.57. The molecule has 3 heteroatoms. The fourth-order valence-electron chi connectivity index (χ4n) is 1.46. The summed E-state index contributed by atoms with van der Waals surface area (Å²) in [7, 11) is 0. The Morgan fingerprint density at radius 3 is 3.08 bits per heavy atom. The molecule has 0 aliphatic carbocycles. The van der Waals surface area contributed by atoms with Crippen LogP contribution in [0.4, 0.5) is 0 Å². The summed E-state index contributed by atoms with van der Waals surface area (Å²) in [5.74, 6) is 0.840. The van der Waals surface area contributed by atoms with Crippen LogP contribution in [0.2, 0.25) is 5.02 Å². The van der Waals surface area contributed by atoms with Gasteiger partial charge in [-0.2, -0.15) is 0 Å². The molecule has 0 aromatic heterocycles. The van der Waals surface area contributed by atoms with Gasteiger partial charge in [0.1, 0.15) is 12.0 Å². The molecule has 1 N–H and O–H groups in total. The molecule has 13 heavy (non-hydrogen) atoms. The monoisotopic (exact) mass is 197 g/mol. The van der Waals surface area contributed by atoms with Crippen LogP contribution in [0, 0.1) is 0 Å². The summed E-state index contributed by atoms with van der Waals surface area (Å²) in [5.41, 5.74) is 0. The van der Waals surface area contributed by atoms with Gasteiger partial charge in [0.15, 0.2) is 0 Å². The summed E-state index contributed by atoms with van der Waals surface area (Å²) in [5, 5.41) is 3.98. The molecular formula is C10H12ClNO. The molecule has 1 heterocycles. The van der Waals surface area contributed by atoms with E-state index in [1.54, 1.807) is 0 Å². The van der Waals surface area contributed by atoms with Gasteiger partial charge >= 0.3 is 0 Å². The third-order valence-electron chi connectivity index (χ3n) is 2.09. The Morgan fingerprint density at radius 2 is 2.38 bits per heavy atom. The molecule has 0 spiro atoms. The maximum atomic E-state index is 5.83. The highest BCUT2D eigenvalue weighted by Gasteiger charge is 2.14. The first-order valence-corrected chi connectivity index (χ1v) is 4.88. The molecule has 70 valence electrons. The van der Waals surface area contributed by atoms with Crippen LogP contribution in [-0.2, 0) is 0 Å². The van der Waals surface area contributed by atoms with Gasteiger partial charge in [-0.25, -0.2) is 0 Å². The van der Waals surface area contributed by atoms with Gasteiger partial charge in [0.25, 0.3) is 0 Å². The number of ether oxygens (including phenoxy) is 1. The Labute approximate surface area is 82.9 Å². The van der Waals surface area contributed by atoms with E-state index < -0.39 is 0 Å². The highest BCUT2D eigenvalue weighted by molar-refractivity contribution is 6.30. The fourth-order valence-corrected chi connectivity index (χ4v) is 1.64. The molecule has 1 unspecified atom stereocenters. The van der Waals surface area contributed by atoms with Crippen LogP contribution < -0.4 is 10.1 Å². The largest absolute Gasteiger partial charge is 0.475 e. The zero-order valence-electron chi connectivity index (χ0n) is 7.29. The quantitative estimate of drug-likeness (QED) is 0.787. The molecule has 0 amide bonds. The van der Waals surface area contributed by atoms with Crippen molar-refractivity contribution >= 4 is 11.6 Å². The van der Waals surface area contributed by atoms with Crippen molar-refractivity contribution in [2.45, 2.75) is 19.1 Å². The van der Waals surface area contributed by atoms with E-state index in [2.05, 4.69) is 5.32 Å². The lowest BCUT2D eigenvalue weighted by Gasteiger charge is -2.13. The smallest absolute Gasteiger partial charge is 0.150 e. The van der Waals surface area contributed by atoms with Gasteiger partial charge in [-0.1, -0.05) is 17.7 Å². The Hall–Kier alpha value is -0.730. The van der Waals surface area contributed by atoms with E-state index in [0.717, 1.165) is 23.7 Å². The van der Waals surface area contributed by atoms with E-state index in [4.69, 9.17) is 16.3 Å². The first kappa shape index (κ1) is 8.85. The van der Waals surface area contributed by atoms with Crippen LogP contribution in [0.5, 0.6) is 5.75 Å². The van der Waals surface area contributed by atoms with Gasteiger partial charge in [-0.05, 0) is 37.6 Å². The number of hydrogen-bond acceptors (Lipinski definition) is 2. The third-order valence-corrected chi connectivity index (χ3v) is 2.32. The maximum Gasteiger partial charge on any atom is 0.150 e. The summed E-state index contributed by atoms with van der Waals surface area (Å²) in [6.07, 6.45) is 2.43. The Morgan fingerprint density at radius 1 is 1.46 bits per heavy atom. The van der Waals surface area contributed by atoms with Crippen molar-refractivity contribution in [2.75, 3.05) is 6.54 Å². The van der Waals surface area contributed by atoms with Crippen LogP contribution >= 0.6 is 11.6 Å². The molecule has 1 aromatic carbocycles. The number of halogens is 1. The average molecular weight is 198 g/mol. The van der Waals surface area contributed by atoms with E-state index in [9.17, 15) is 0 Å². The lowest BCUT2D eigenvalue weighted by Crippen LogP contribution is -2.27. The maximum absolute atomic E-state index is 5.83. The molecule has 1 fully saturated rings. The highest BCUT2D eigenvalue weighted by atomic mass is 35.5. The molecule has 0 radical (unpaired) electrons. The second kappa shape index (κ2) is 3.99. The summed E-state index contributed by atoms with van der Waals surface area (Å²) >= 11 is 5.83. The van der Waals surface area contributed by atoms with Gasteiger partial charge < -0.3 is 4.74 Å². The lowest BCUT2D eigenvalue weighted by atomic mass is 10.3. The fraction of sp³-hybridized carbons (Fsp3) is 0.400. The number of nitrogens with one attached hydrogen (secondary N) is 1. The normalized spacial score (nSPS) is 21.8. The molecular weight excluding hydrogens is 186 g/mol. The molecule has 1 atom stereocenters. The number of rotatable bonds is 2. The summed E-state index contributed by atoms with van der Waals surface area (Å²) in [6.45, 7) is 1.05. The second-order valence-electron chi connectivity index (χ2n) is 3.16. The van der Waals surface area contributed by atoms with Crippen LogP contribution in [0.1, 0.15) is 12.8 Å². The third kappa shape index (κ3) is 2.36. The first-order chi connectivity index (χ1) is 6.34. The van der Waals surface area contributed by atoms with Gasteiger partial charge in [0, 0.05) is 5.02 Å².